The Morgan fingerprint density at radius 1 is 1.30 bits per heavy atom. The third kappa shape index (κ3) is 4.44. The molecule has 126 valence electrons. The number of furan rings is 1. The van der Waals surface area contributed by atoms with Gasteiger partial charge in [-0.3, -0.25) is 4.90 Å². The highest BCUT2D eigenvalue weighted by atomic mass is 32.2. The minimum atomic E-state index is -3.35. The van der Waals surface area contributed by atoms with Crippen molar-refractivity contribution < 1.29 is 12.8 Å². The van der Waals surface area contributed by atoms with Crippen LogP contribution >= 0.6 is 11.3 Å². The van der Waals surface area contributed by atoms with E-state index in [1.807, 2.05) is 25.1 Å². The van der Waals surface area contributed by atoms with Crippen molar-refractivity contribution in [2.24, 2.45) is 5.92 Å². The average Bonchev–Trinajstić information content (AvgIpc) is 3.18. The van der Waals surface area contributed by atoms with Gasteiger partial charge in [-0.15, -0.1) is 11.3 Å². The molecule has 0 saturated carbocycles. The molecular formula is C16H22N2O3S2. The first-order valence-electron chi connectivity index (χ1n) is 7.84. The van der Waals surface area contributed by atoms with Gasteiger partial charge >= 0.3 is 0 Å². The molecule has 3 rings (SSSR count). The predicted octanol–water partition coefficient (Wildman–Crippen LogP) is 2.84. The number of sulfonamides is 1. The molecule has 0 aliphatic carbocycles. The highest BCUT2D eigenvalue weighted by Crippen LogP contribution is 2.22. The van der Waals surface area contributed by atoms with E-state index in [1.165, 1.54) is 11.3 Å². The maximum absolute atomic E-state index is 12.2. The number of hydrogen-bond donors (Lipinski definition) is 1. The second kappa shape index (κ2) is 7.17. The van der Waals surface area contributed by atoms with Crippen molar-refractivity contribution in [2.75, 3.05) is 19.6 Å². The first-order chi connectivity index (χ1) is 11.0. The van der Waals surface area contributed by atoms with Crippen LogP contribution in [-0.2, 0) is 16.6 Å². The van der Waals surface area contributed by atoms with Gasteiger partial charge in [0.1, 0.15) is 9.97 Å². The largest absolute Gasteiger partial charge is 0.468 e. The van der Waals surface area contributed by atoms with Crippen LogP contribution in [0.5, 0.6) is 0 Å². The lowest BCUT2D eigenvalue weighted by molar-refractivity contribution is 0.168. The van der Waals surface area contributed by atoms with Crippen molar-refractivity contribution in [2.45, 2.75) is 30.5 Å². The number of thiophene rings is 1. The van der Waals surface area contributed by atoms with Crippen LogP contribution < -0.4 is 4.72 Å². The van der Waals surface area contributed by atoms with Crippen LogP contribution in [-0.4, -0.2) is 33.0 Å². The fourth-order valence-electron chi connectivity index (χ4n) is 2.83. The summed E-state index contributed by atoms with van der Waals surface area (Å²) in [6.07, 6.45) is 3.71. The van der Waals surface area contributed by atoms with Crippen molar-refractivity contribution in [3.63, 3.8) is 0 Å². The van der Waals surface area contributed by atoms with Gasteiger partial charge in [-0.2, -0.15) is 0 Å². The molecule has 0 atom stereocenters. The SMILES string of the molecule is Cc1ccc(S(=O)(=O)NCC2CCN(Cc3ccco3)CC2)s1. The van der Waals surface area contributed by atoms with E-state index in [1.54, 1.807) is 12.3 Å². The summed E-state index contributed by atoms with van der Waals surface area (Å²) in [5.41, 5.74) is 0. The van der Waals surface area contributed by atoms with E-state index >= 15 is 0 Å². The van der Waals surface area contributed by atoms with E-state index in [4.69, 9.17) is 4.42 Å². The van der Waals surface area contributed by atoms with Gasteiger partial charge < -0.3 is 4.42 Å². The molecule has 2 aromatic heterocycles. The molecule has 7 heteroatoms. The lowest BCUT2D eigenvalue weighted by Crippen LogP contribution is -2.38. The van der Waals surface area contributed by atoms with Crippen LogP contribution in [0.15, 0.2) is 39.2 Å². The fraction of sp³-hybridized carbons (Fsp3) is 0.500. The number of rotatable bonds is 6. The number of aryl methyl sites for hydroxylation is 1. The Morgan fingerprint density at radius 2 is 2.09 bits per heavy atom. The van der Waals surface area contributed by atoms with Crippen LogP contribution in [0, 0.1) is 12.8 Å². The smallest absolute Gasteiger partial charge is 0.250 e. The van der Waals surface area contributed by atoms with E-state index in [2.05, 4.69) is 9.62 Å². The lowest BCUT2D eigenvalue weighted by Gasteiger charge is -2.31. The number of nitrogens with zero attached hydrogens (tertiary/aromatic N) is 1. The highest BCUT2D eigenvalue weighted by molar-refractivity contribution is 7.91. The Kier molecular flexibility index (Phi) is 5.21. The fourth-order valence-corrected chi connectivity index (χ4v) is 5.27. The van der Waals surface area contributed by atoms with Crippen molar-refractivity contribution in [3.05, 3.63) is 41.2 Å². The third-order valence-corrected chi connectivity index (χ3v) is 7.13. The molecule has 0 bridgehead atoms. The summed E-state index contributed by atoms with van der Waals surface area (Å²) in [6.45, 7) is 5.22. The second-order valence-electron chi connectivity index (χ2n) is 6.02. The summed E-state index contributed by atoms with van der Waals surface area (Å²) in [5.74, 6) is 1.39. The minimum absolute atomic E-state index is 0.402. The first-order valence-corrected chi connectivity index (χ1v) is 10.1. The molecule has 1 N–H and O–H groups in total. The molecule has 0 radical (unpaired) electrons. The monoisotopic (exact) mass is 354 g/mol. The molecule has 0 spiro atoms. The van der Waals surface area contributed by atoms with Crippen molar-refractivity contribution in [3.8, 4) is 0 Å². The molecule has 0 unspecified atom stereocenters. The number of hydrogen-bond acceptors (Lipinski definition) is 5. The molecule has 2 aromatic rings. The Hall–Kier alpha value is -1.15. The molecule has 0 aromatic carbocycles. The van der Waals surface area contributed by atoms with Crippen LogP contribution in [0.4, 0.5) is 0 Å². The van der Waals surface area contributed by atoms with Gasteiger partial charge in [-0.05, 0) is 63.0 Å². The normalized spacial score (nSPS) is 17.6. The summed E-state index contributed by atoms with van der Waals surface area (Å²) in [6, 6.07) is 7.41. The molecule has 23 heavy (non-hydrogen) atoms. The molecule has 1 saturated heterocycles. The zero-order valence-corrected chi connectivity index (χ0v) is 14.8. The van der Waals surface area contributed by atoms with E-state index in [9.17, 15) is 8.42 Å². The van der Waals surface area contributed by atoms with E-state index in [-0.39, 0.29) is 0 Å². The van der Waals surface area contributed by atoms with Gasteiger partial charge in [0, 0.05) is 11.4 Å². The van der Waals surface area contributed by atoms with Crippen molar-refractivity contribution in [1.29, 1.82) is 0 Å². The van der Waals surface area contributed by atoms with E-state index < -0.39 is 10.0 Å². The van der Waals surface area contributed by atoms with Gasteiger partial charge in [0.2, 0.25) is 10.0 Å². The quantitative estimate of drug-likeness (QED) is 0.866. The summed E-state index contributed by atoms with van der Waals surface area (Å²) >= 11 is 1.31. The van der Waals surface area contributed by atoms with Gasteiger partial charge in [0.05, 0.1) is 12.8 Å². The molecule has 1 aliphatic rings. The topological polar surface area (TPSA) is 62.6 Å². The Labute approximate surface area is 141 Å². The Bertz CT molecular complexity index is 714. The summed E-state index contributed by atoms with van der Waals surface area (Å²) in [5, 5.41) is 0. The summed E-state index contributed by atoms with van der Waals surface area (Å²) < 4.78 is 33.0. The number of likely N-dealkylation sites (tertiary alicyclic amines) is 1. The molecule has 1 aliphatic heterocycles. The zero-order valence-electron chi connectivity index (χ0n) is 13.2. The molecular weight excluding hydrogens is 332 g/mol. The molecule has 0 amide bonds. The van der Waals surface area contributed by atoms with Crippen LogP contribution in [0.1, 0.15) is 23.5 Å². The highest BCUT2D eigenvalue weighted by Gasteiger charge is 2.23. The summed E-state index contributed by atoms with van der Waals surface area (Å²) in [4.78, 5) is 3.36. The second-order valence-corrected chi connectivity index (χ2v) is 9.30. The first kappa shape index (κ1) is 16.7. The summed E-state index contributed by atoms with van der Waals surface area (Å²) in [7, 11) is -3.35. The number of piperidine rings is 1. The predicted molar refractivity (Wildman–Crippen MR) is 91.0 cm³/mol. The van der Waals surface area contributed by atoms with Crippen LogP contribution in [0.25, 0.3) is 0 Å². The van der Waals surface area contributed by atoms with Crippen molar-refractivity contribution in [1.82, 2.24) is 9.62 Å². The molecule has 3 heterocycles. The Morgan fingerprint density at radius 3 is 2.70 bits per heavy atom. The minimum Gasteiger partial charge on any atom is -0.468 e. The molecule has 1 fully saturated rings. The van der Waals surface area contributed by atoms with E-state index in [0.717, 1.165) is 43.1 Å². The Balaban J connectivity index is 1.45. The van der Waals surface area contributed by atoms with Crippen molar-refractivity contribution >= 4 is 21.4 Å². The van der Waals surface area contributed by atoms with Crippen LogP contribution in [0.2, 0.25) is 0 Å². The maximum atomic E-state index is 12.2. The average molecular weight is 354 g/mol. The third-order valence-electron chi connectivity index (χ3n) is 4.21. The van der Waals surface area contributed by atoms with Gasteiger partial charge in [0.15, 0.2) is 0 Å². The van der Waals surface area contributed by atoms with Gasteiger partial charge in [-0.25, -0.2) is 13.1 Å². The van der Waals surface area contributed by atoms with Gasteiger partial charge in [0.25, 0.3) is 0 Å². The zero-order chi connectivity index (χ0) is 16.3. The number of nitrogens with one attached hydrogen (secondary N) is 1. The van der Waals surface area contributed by atoms with Crippen LogP contribution in [0.3, 0.4) is 0 Å². The maximum Gasteiger partial charge on any atom is 0.250 e. The van der Waals surface area contributed by atoms with Gasteiger partial charge in [-0.1, -0.05) is 0 Å². The lowest BCUT2D eigenvalue weighted by atomic mass is 9.97. The standard InChI is InChI=1S/C16H22N2O3S2/c1-13-4-5-16(22-13)23(19,20)17-11-14-6-8-18(9-7-14)12-15-3-2-10-21-15/h2-5,10,14,17H,6-9,11-12H2,1H3. The van der Waals surface area contributed by atoms with E-state index in [0.29, 0.717) is 16.7 Å². The molecule has 5 nitrogen and oxygen atoms in total.